The highest BCUT2D eigenvalue weighted by Crippen LogP contribution is 2.20. The van der Waals surface area contributed by atoms with Crippen molar-refractivity contribution in [2.45, 2.75) is 20.0 Å². The van der Waals surface area contributed by atoms with Crippen LogP contribution in [0.3, 0.4) is 0 Å². The summed E-state index contributed by atoms with van der Waals surface area (Å²) in [7, 11) is 0. The third-order valence-electron chi connectivity index (χ3n) is 4.17. The first-order valence-corrected chi connectivity index (χ1v) is 7.98. The van der Waals surface area contributed by atoms with E-state index in [9.17, 15) is 14.7 Å². The minimum absolute atomic E-state index is 0.00871. The van der Waals surface area contributed by atoms with E-state index < -0.39 is 17.6 Å². The van der Waals surface area contributed by atoms with Gasteiger partial charge in [0.1, 0.15) is 0 Å². The van der Waals surface area contributed by atoms with Gasteiger partial charge in [-0.15, -0.1) is 0 Å². The molecule has 0 saturated carbocycles. The van der Waals surface area contributed by atoms with Crippen LogP contribution in [0.1, 0.15) is 33.5 Å². The van der Waals surface area contributed by atoms with Crippen LogP contribution in [-0.4, -0.2) is 27.5 Å². The first-order chi connectivity index (χ1) is 12.0. The van der Waals surface area contributed by atoms with Gasteiger partial charge < -0.3 is 15.4 Å². The highest BCUT2D eigenvalue weighted by molar-refractivity contribution is 5.92. The fourth-order valence-corrected chi connectivity index (χ4v) is 2.58. The second-order valence-corrected chi connectivity index (χ2v) is 5.96. The molecule has 0 spiro atoms. The highest BCUT2D eigenvalue weighted by Gasteiger charge is 2.16. The normalized spacial score (nSPS) is 12.1. The van der Waals surface area contributed by atoms with Crippen LogP contribution in [0.5, 0.6) is 0 Å². The maximum Gasteiger partial charge on any atom is 0.279 e. The molecule has 6 heteroatoms. The highest BCUT2D eigenvalue weighted by atomic mass is 16.3. The zero-order valence-corrected chi connectivity index (χ0v) is 14.0. The quantitative estimate of drug-likeness (QED) is 0.678. The topological polar surface area (TPSA) is 95.1 Å². The van der Waals surface area contributed by atoms with Gasteiger partial charge in [0, 0.05) is 12.2 Å². The van der Waals surface area contributed by atoms with E-state index in [1.807, 2.05) is 42.5 Å². The number of aliphatic hydroxyl groups excluding tert-OH is 1. The molecule has 25 heavy (non-hydrogen) atoms. The summed E-state index contributed by atoms with van der Waals surface area (Å²) in [4.78, 5) is 30.6. The Bertz CT molecular complexity index is 995. The summed E-state index contributed by atoms with van der Waals surface area (Å²) in [5.74, 6) is -0.607. The number of carbonyl (C=O) groups is 1. The van der Waals surface area contributed by atoms with E-state index in [2.05, 4.69) is 15.3 Å². The van der Waals surface area contributed by atoms with Crippen LogP contribution in [0.15, 0.2) is 47.3 Å². The number of amides is 1. The summed E-state index contributed by atoms with van der Waals surface area (Å²) in [5.41, 5.74) is 1.16. The molecule has 1 unspecified atom stereocenters. The van der Waals surface area contributed by atoms with E-state index in [4.69, 9.17) is 0 Å². The van der Waals surface area contributed by atoms with E-state index in [1.54, 1.807) is 13.8 Å². The van der Waals surface area contributed by atoms with Crippen molar-refractivity contribution in [1.29, 1.82) is 0 Å². The van der Waals surface area contributed by atoms with Crippen molar-refractivity contribution in [2.24, 2.45) is 0 Å². The van der Waals surface area contributed by atoms with Crippen molar-refractivity contribution in [2.75, 3.05) is 6.54 Å². The number of hydrogen-bond donors (Lipinski definition) is 3. The Labute approximate surface area is 144 Å². The van der Waals surface area contributed by atoms with Gasteiger partial charge in [-0.25, -0.2) is 4.98 Å². The molecule has 0 aliphatic carbocycles. The molecule has 1 atom stereocenters. The molecule has 1 heterocycles. The second kappa shape index (κ2) is 6.86. The lowest BCUT2D eigenvalue weighted by Gasteiger charge is -2.13. The number of nitrogens with zero attached hydrogens (tertiary/aromatic N) is 1. The van der Waals surface area contributed by atoms with Gasteiger partial charge in [0.25, 0.3) is 11.5 Å². The second-order valence-electron chi connectivity index (χ2n) is 5.96. The largest absolute Gasteiger partial charge is 0.387 e. The van der Waals surface area contributed by atoms with E-state index in [0.717, 1.165) is 10.8 Å². The van der Waals surface area contributed by atoms with Crippen LogP contribution in [0, 0.1) is 13.8 Å². The molecule has 0 aliphatic heterocycles. The fourth-order valence-electron chi connectivity index (χ4n) is 2.58. The molecular formula is C19H19N3O3. The lowest BCUT2D eigenvalue weighted by atomic mass is 10.0. The average Bonchev–Trinajstić information content (AvgIpc) is 2.62. The number of aryl methyl sites for hydroxylation is 2. The zero-order valence-electron chi connectivity index (χ0n) is 14.0. The number of aromatic amines is 1. The van der Waals surface area contributed by atoms with E-state index in [-0.39, 0.29) is 12.2 Å². The molecule has 1 amide bonds. The molecule has 6 nitrogen and oxygen atoms in total. The molecule has 2 aromatic carbocycles. The molecule has 0 radical (unpaired) electrons. The number of aromatic nitrogens is 2. The fraction of sp³-hybridized carbons (Fsp3) is 0.211. The summed E-state index contributed by atoms with van der Waals surface area (Å²) in [6.07, 6.45) is -0.876. The summed E-state index contributed by atoms with van der Waals surface area (Å²) in [6.45, 7) is 3.42. The first-order valence-electron chi connectivity index (χ1n) is 7.98. The smallest absolute Gasteiger partial charge is 0.279 e. The maximum absolute atomic E-state index is 12.2. The van der Waals surface area contributed by atoms with Crippen molar-refractivity contribution in [1.82, 2.24) is 15.3 Å². The van der Waals surface area contributed by atoms with Gasteiger partial charge in [0.2, 0.25) is 0 Å². The number of nitrogens with one attached hydrogen (secondary N) is 2. The molecule has 0 saturated heterocycles. The summed E-state index contributed by atoms with van der Waals surface area (Å²) < 4.78 is 0. The predicted molar refractivity (Wildman–Crippen MR) is 95.6 cm³/mol. The average molecular weight is 337 g/mol. The lowest BCUT2D eigenvalue weighted by Crippen LogP contribution is -2.34. The van der Waals surface area contributed by atoms with Gasteiger partial charge in [0.15, 0.2) is 5.69 Å². The third-order valence-corrected chi connectivity index (χ3v) is 4.17. The first kappa shape index (κ1) is 16.9. The van der Waals surface area contributed by atoms with Crippen LogP contribution >= 0.6 is 0 Å². The maximum atomic E-state index is 12.2. The van der Waals surface area contributed by atoms with Crippen LogP contribution in [0.4, 0.5) is 0 Å². The van der Waals surface area contributed by atoms with Gasteiger partial charge in [-0.2, -0.15) is 0 Å². The number of hydrogen-bond acceptors (Lipinski definition) is 4. The number of fused-ring (bicyclic) bond motifs is 1. The summed E-state index contributed by atoms with van der Waals surface area (Å²) >= 11 is 0. The van der Waals surface area contributed by atoms with Crippen molar-refractivity contribution in [3.05, 3.63) is 75.5 Å². The molecular weight excluding hydrogens is 318 g/mol. The van der Waals surface area contributed by atoms with Gasteiger partial charge in [-0.05, 0) is 36.2 Å². The number of benzene rings is 2. The monoisotopic (exact) mass is 337 g/mol. The number of H-pyrrole nitrogens is 1. The van der Waals surface area contributed by atoms with E-state index in [0.29, 0.717) is 17.0 Å². The molecule has 0 aliphatic rings. The Morgan fingerprint density at radius 2 is 1.92 bits per heavy atom. The van der Waals surface area contributed by atoms with Crippen molar-refractivity contribution in [3.63, 3.8) is 0 Å². The SMILES string of the molecule is Cc1nc(C(=O)NCC(O)c2ccc3ccccc3c2)c(=O)[nH]c1C. The molecule has 3 rings (SSSR count). The minimum Gasteiger partial charge on any atom is -0.387 e. The molecule has 3 N–H and O–H groups in total. The molecule has 3 aromatic rings. The summed E-state index contributed by atoms with van der Waals surface area (Å²) in [5, 5.41) is 15.0. The van der Waals surface area contributed by atoms with Gasteiger partial charge in [-0.3, -0.25) is 9.59 Å². The van der Waals surface area contributed by atoms with Crippen molar-refractivity contribution in [3.8, 4) is 0 Å². The van der Waals surface area contributed by atoms with E-state index in [1.165, 1.54) is 0 Å². The van der Waals surface area contributed by atoms with Crippen LogP contribution < -0.4 is 10.9 Å². The molecule has 128 valence electrons. The van der Waals surface area contributed by atoms with Crippen LogP contribution in [-0.2, 0) is 0 Å². The van der Waals surface area contributed by atoms with Crippen molar-refractivity contribution < 1.29 is 9.90 Å². The van der Waals surface area contributed by atoms with Gasteiger partial charge in [-0.1, -0.05) is 36.4 Å². The van der Waals surface area contributed by atoms with Crippen LogP contribution in [0.25, 0.3) is 10.8 Å². The minimum atomic E-state index is -0.876. The Morgan fingerprint density at radius 3 is 2.68 bits per heavy atom. The Kier molecular flexibility index (Phi) is 4.63. The zero-order chi connectivity index (χ0) is 18.0. The predicted octanol–water partition coefficient (Wildman–Crippen LogP) is 2.00. The van der Waals surface area contributed by atoms with Crippen LogP contribution in [0.2, 0.25) is 0 Å². The van der Waals surface area contributed by atoms with E-state index >= 15 is 0 Å². The number of rotatable bonds is 4. The Balaban J connectivity index is 1.72. The van der Waals surface area contributed by atoms with Crippen molar-refractivity contribution >= 4 is 16.7 Å². The number of aliphatic hydroxyl groups is 1. The number of carbonyl (C=O) groups excluding carboxylic acids is 1. The van der Waals surface area contributed by atoms with Gasteiger partial charge in [0.05, 0.1) is 11.8 Å². The lowest BCUT2D eigenvalue weighted by molar-refractivity contribution is 0.0909. The molecule has 0 fully saturated rings. The summed E-state index contributed by atoms with van der Waals surface area (Å²) in [6, 6.07) is 13.5. The molecule has 0 bridgehead atoms. The van der Waals surface area contributed by atoms with Gasteiger partial charge >= 0.3 is 0 Å². The standard InChI is InChI=1S/C19H19N3O3/c1-11-12(2)22-19(25)17(21-11)18(24)20-10-16(23)15-8-7-13-5-3-4-6-14(13)9-15/h3-9,16,23H,10H2,1-2H3,(H,20,24)(H,22,25). The Hall–Kier alpha value is -2.99. The third kappa shape index (κ3) is 3.59. The Morgan fingerprint density at radius 1 is 1.20 bits per heavy atom. The molecule has 1 aromatic heterocycles.